The summed E-state index contributed by atoms with van der Waals surface area (Å²) in [5.41, 5.74) is 1.80. The molecule has 1 aliphatic rings. The summed E-state index contributed by atoms with van der Waals surface area (Å²) in [7, 11) is 0. The molecule has 0 spiro atoms. The van der Waals surface area contributed by atoms with E-state index in [0.717, 1.165) is 5.56 Å². The lowest BCUT2D eigenvalue weighted by Gasteiger charge is -2.28. The highest BCUT2D eigenvalue weighted by atomic mass is 32.1. The summed E-state index contributed by atoms with van der Waals surface area (Å²) in [6.45, 7) is 8.68. The van der Waals surface area contributed by atoms with Crippen molar-refractivity contribution in [1.82, 2.24) is 4.90 Å². The Balaban J connectivity index is 0.000000861. The number of Topliss-reactive ketones (excluding diaryl/α,β-unsaturated/α-hetero) is 1. The average molecular weight is 279 g/mol. The van der Waals surface area contributed by atoms with E-state index < -0.39 is 0 Å². The molecular weight excluding hydrogens is 258 g/mol. The molecule has 1 fully saturated rings. The summed E-state index contributed by atoms with van der Waals surface area (Å²) in [6.07, 6.45) is 0. The molecule has 19 heavy (non-hydrogen) atoms. The number of thiocarbonyl (C=S) groups is 1. The molecule has 0 atom stereocenters. The van der Waals surface area contributed by atoms with Crippen molar-refractivity contribution in [3.8, 4) is 0 Å². The lowest BCUT2D eigenvalue weighted by molar-refractivity contribution is 0.0670. The van der Waals surface area contributed by atoms with Crippen LogP contribution in [-0.2, 0) is 4.74 Å². The van der Waals surface area contributed by atoms with E-state index in [4.69, 9.17) is 17.0 Å². The number of hydrogen-bond donors (Lipinski definition) is 0. The molecule has 4 heteroatoms. The maximum atomic E-state index is 12.1. The third kappa shape index (κ3) is 4.40. The van der Waals surface area contributed by atoms with Crippen LogP contribution < -0.4 is 0 Å². The molecule has 0 saturated carbocycles. The predicted octanol–water partition coefficient (Wildman–Crippen LogP) is 2.86. The van der Waals surface area contributed by atoms with Gasteiger partial charge in [-0.3, -0.25) is 4.79 Å². The van der Waals surface area contributed by atoms with Crippen LogP contribution in [0.25, 0.3) is 0 Å². The zero-order chi connectivity index (χ0) is 14.3. The van der Waals surface area contributed by atoms with Crippen LogP contribution in [0.3, 0.4) is 0 Å². The normalized spacial score (nSPS) is 14.4. The number of ether oxygens (including phenoxy) is 1. The first-order chi connectivity index (χ1) is 9.18. The van der Waals surface area contributed by atoms with Gasteiger partial charge in [-0.1, -0.05) is 55.9 Å². The third-order valence-electron chi connectivity index (χ3n) is 2.81. The Morgan fingerprint density at radius 3 is 2.21 bits per heavy atom. The van der Waals surface area contributed by atoms with Crippen LogP contribution >= 0.6 is 12.2 Å². The van der Waals surface area contributed by atoms with Crippen LogP contribution in [-0.4, -0.2) is 42.0 Å². The number of nitrogens with zero attached hydrogens (tertiary/aromatic N) is 1. The number of aryl methyl sites for hydroxylation is 1. The van der Waals surface area contributed by atoms with Crippen molar-refractivity contribution in [2.75, 3.05) is 26.3 Å². The van der Waals surface area contributed by atoms with Gasteiger partial charge < -0.3 is 9.64 Å². The second kappa shape index (κ2) is 8.02. The number of ketones is 1. The second-order valence-electron chi connectivity index (χ2n) is 4.10. The highest BCUT2D eigenvalue weighted by molar-refractivity contribution is 7.82. The topological polar surface area (TPSA) is 29.5 Å². The minimum Gasteiger partial charge on any atom is -0.378 e. The van der Waals surface area contributed by atoms with Gasteiger partial charge in [0.05, 0.1) is 13.2 Å². The van der Waals surface area contributed by atoms with Crippen LogP contribution in [0.4, 0.5) is 0 Å². The number of hydrogen-bond acceptors (Lipinski definition) is 3. The van der Waals surface area contributed by atoms with Crippen LogP contribution in [0.15, 0.2) is 24.3 Å². The molecule has 0 aliphatic carbocycles. The Bertz CT molecular complexity index is 422. The molecule has 0 unspecified atom stereocenters. The van der Waals surface area contributed by atoms with Crippen LogP contribution in [0.2, 0.25) is 0 Å². The number of rotatable bonds is 2. The van der Waals surface area contributed by atoms with E-state index in [9.17, 15) is 4.79 Å². The molecule has 1 heterocycles. The van der Waals surface area contributed by atoms with E-state index in [0.29, 0.717) is 36.9 Å². The molecule has 1 aromatic carbocycles. The van der Waals surface area contributed by atoms with Gasteiger partial charge in [0, 0.05) is 18.7 Å². The molecule has 1 saturated heterocycles. The second-order valence-corrected chi connectivity index (χ2v) is 4.49. The van der Waals surface area contributed by atoms with E-state index >= 15 is 0 Å². The molecule has 104 valence electrons. The summed E-state index contributed by atoms with van der Waals surface area (Å²) in [6, 6.07) is 7.50. The van der Waals surface area contributed by atoms with Gasteiger partial charge in [-0.25, -0.2) is 0 Å². The van der Waals surface area contributed by atoms with Crippen molar-refractivity contribution in [1.29, 1.82) is 0 Å². The predicted molar refractivity (Wildman–Crippen MR) is 81.8 cm³/mol. The summed E-state index contributed by atoms with van der Waals surface area (Å²) < 4.78 is 5.24. The lowest BCUT2D eigenvalue weighted by Crippen LogP contribution is -2.43. The standard InChI is InChI=1S/C13H15NO2S.C2H6/c1-10-2-4-11(5-3-10)12(15)13(17)14-6-8-16-9-7-14;1-2/h2-5H,6-9H2,1H3;1-2H3. The number of carbonyl (C=O) groups is 1. The van der Waals surface area contributed by atoms with Crippen molar-refractivity contribution < 1.29 is 9.53 Å². The first-order valence-corrected chi connectivity index (χ1v) is 7.07. The SMILES string of the molecule is CC.Cc1ccc(C(=O)C(=S)N2CCOCC2)cc1. The van der Waals surface area contributed by atoms with Gasteiger partial charge in [0.2, 0.25) is 5.78 Å². The summed E-state index contributed by atoms with van der Waals surface area (Å²) in [5.74, 6) is -0.0677. The van der Waals surface area contributed by atoms with E-state index in [1.54, 1.807) is 0 Å². The Labute approximate surface area is 120 Å². The van der Waals surface area contributed by atoms with Crippen molar-refractivity contribution in [2.45, 2.75) is 20.8 Å². The molecular formula is C15H21NO2S. The van der Waals surface area contributed by atoms with Crippen LogP contribution in [0.5, 0.6) is 0 Å². The number of carbonyl (C=O) groups excluding carboxylic acids is 1. The fourth-order valence-corrected chi connectivity index (χ4v) is 2.04. The zero-order valence-electron chi connectivity index (χ0n) is 11.8. The van der Waals surface area contributed by atoms with Gasteiger partial charge in [-0.2, -0.15) is 0 Å². The molecule has 0 N–H and O–H groups in total. The van der Waals surface area contributed by atoms with E-state index in [1.165, 1.54) is 0 Å². The summed E-state index contributed by atoms with van der Waals surface area (Å²) >= 11 is 5.23. The van der Waals surface area contributed by atoms with Gasteiger partial charge >= 0.3 is 0 Å². The van der Waals surface area contributed by atoms with Gasteiger partial charge in [0.15, 0.2) is 4.99 Å². The minimum absolute atomic E-state index is 0.0677. The zero-order valence-corrected chi connectivity index (χ0v) is 12.6. The van der Waals surface area contributed by atoms with Crippen molar-refractivity contribution in [3.05, 3.63) is 35.4 Å². The van der Waals surface area contributed by atoms with Gasteiger partial charge in [-0.05, 0) is 6.92 Å². The molecule has 0 amide bonds. The first kappa shape index (κ1) is 15.8. The Morgan fingerprint density at radius 2 is 1.68 bits per heavy atom. The smallest absolute Gasteiger partial charge is 0.220 e. The van der Waals surface area contributed by atoms with Crippen molar-refractivity contribution in [2.24, 2.45) is 0 Å². The molecule has 1 aliphatic heterocycles. The molecule has 0 bridgehead atoms. The Kier molecular flexibility index (Phi) is 6.67. The Morgan fingerprint density at radius 1 is 1.16 bits per heavy atom. The number of benzene rings is 1. The molecule has 2 rings (SSSR count). The van der Waals surface area contributed by atoms with Crippen LogP contribution in [0.1, 0.15) is 29.8 Å². The fourth-order valence-electron chi connectivity index (χ4n) is 1.74. The third-order valence-corrected chi connectivity index (χ3v) is 3.25. The monoisotopic (exact) mass is 279 g/mol. The Hall–Kier alpha value is -1.26. The first-order valence-electron chi connectivity index (χ1n) is 6.66. The molecule has 3 nitrogen and oxygen atoms in total. The quantitative estimate of drug-likeness (QED) is 0.615. The maximum absolute atomic E-state index is 12.1. The van der Waals surface area contributed by atoms with Crippen LogP contribution in [0, 0.1) is 6.92 Å². The molecule has 1 aromatic rings. The highest BCUT2D eigenvalue weighted by Gasteiger charge is 2.20. The summed E-state index contributed by atoms with van der Waals surface area (Å²) in [5, 5.41) is 0. The summed E-state index contributed by atoms with van der Waals surface area (Å²) in [4.78, 5) is 14.4. The van der Waals surface area contributed by atoms with Gasteiger partial charge in [-0.15, -0.1) is 0 Å². The van der Waals surface area contributed by atoms with Crippen molar-refractivity contribution >= 4 is 23.0 Å². The fraction of sp³-hybridized carbons (Fsp3) is 0.467. The van der Waals surface area contributed by atoms with Gasteiger partial charge in [0.25, 0.3) is 0 Å². The lowest BCUT2D eigenvalue weighted by atomic mass is 10.1. The largest absolute Gasteiger partial charge is 0.378 e. The molecule has 0 aromatic heterocycles. The molecule has 0 radical (unpaired) electrons. The van der Waals surface area contributed by atoms with E-state index in [2.05, 4.69) is 0 Å². The van der Waals surface area contributed by atoms with Gasteiger partial charge in [0.1, 0.15) is 0 Å². The van der Waals surface area contributed by atoms with Crippen molar-refractivity contribution in [3.63, 3.8) is 0 Å². The maximum Gasteiger partial charge on any atom is 0.220 e. The highest BCUT2D eigenvalue weighted by Crippen LogP contribution is 2.08. The average Bonchev–Trinajstić information content (AvgIpc) is 2.49. The van der Waals surface area contributed by atoms with E-state index in [1.807, 2.05) is 49.9 Å². The number of morpholine rings is 1. The minimum atomic E-state index is -0.0677. The van der Waals surface area contributed by atoms with E-state index in [-0.39, 0.29) is 5.78 Å².